The number of allylic oxidation sites excluding steroid dienone is 3. The average molecular weight is 248 g/mol. The Balaban J connectivity index is 2.09. The summed E-state index contributed by atoms with van der Waals surface area (Å²) in [6.07, 6.45) is 5.83. The fourth-order valence-corrected chi connectivity index (χ4v) is 3.93. The second-order valence-electron chi connectivity index (χ2n) is 6.64. The molecule has 2 nitrogen and oxygen atoms in total. The summed E-state index contributed by atoms with van der Waals surface area (Å²) >= 11 is 0. The highest BCUT2D eigenvalue weighted by atomic mass is 16.7. The molecule has 0 amide bonds. The van der Waals surface area contributed by atoms with Crippen molar-refractivity contribution in [2.45, 2.75) is 52.7 Å². The van der Waals surface area contributed by atoms with Crippen molar-refractivity contribution in [3.63, 3.8) is 0 Å². The first-order chi connectivity index (χ1) is 8.46. The van der Waals surface area contributed by atoms with Gasteiger partial charge in [-0.15, -0.1) is 0 Å². The van der Waals surface area contributed by atoms with E-state index in [2.05, 4.69) is 33.8 Å². The molecule has 1 aliphatic heterocycles. The number of fused-ring (bicyclic) bond motifs is 1. The summed E-state index contributed by atoms with van der Waals surface area (Å²) in [4.78, 5) is 0. The summed E-state index contributed by atoms with van der Waals surface area (Å²) in [5.74, 6) is 0.0948. The van der Waals surface area contributed by atoms with Crippen molar-refractivity contribution in [2.24, 2.45) is 11.3 Å². The third kappa shape index (κ3) is 1.55. The molecular weight excluding hydrogens is 224 g/mol. The van der Waals surface area contributed by atoms with Gasteiger partial charge in [0.1, 0.15) is 0 Å². The van der Waals surface area contributed by atoms with Gasteiger partial charge < -0.3 is 9.47 Å². The molecule has 0 aromatic rings. The Bertz CT molecular complexity index is 422. The van der Waals surface area contributed by atoms with Crippen molar-refractivity contribution < 1.29 is 9.47 Å². The first-order valence-corrected chi connectivity index (χ1v) is 7.10. The molecule has 0 aromatic heterocycles. The maximum atomic E-state index is 6.07. The van der Waals surface area contributed by atoms with E-state index in [1.54, 1.807) is 5.57 Å². The summed E-state index contributed by atoms with van der Waals surface area (Å²) in [6.45, 7) is 10.6. The molecule has 0 radical (unpaired) electrons. The molecule has 18 heavy (non-hydrogen) atoms. The van der Waals surface area contributed by atoms with Gasteiger partial charge in [0.2, 0.25) is 0 Å². The van der Waals surface area contributed by atoms with E-state index in [0.717, 1.165) is 19.6 Å². The van der Waals surface area contributed by atoms with Crippen LogP contribution in [0, 0.1) is 11.3 Å². The zero-order valence-corrected chi connectivity index (χ0v) is 12.0. The molecule has 1 fully saturated rings. The first-order valence-electron chi connectivity index (χ1n) is 7.10. The summed E-state index contributed by atoms with van der Waals surface area (Å²) < 4.78 is 12.1. The van der Waals surface area contributed by atoms with Gasteiger partial charge in [-0.1, -0.05) is 36.6 Å². The topological polar surface area (TPSA) is 18.5 Å². The van der Waals surface area contributed by atoms with Gasteiger partial charge in [0.15, 0.2) is 5.79 Å². The Morgan fingerprint density at radius 3 is 2.44 bits per heavy atom. The van der Waals surface area contributed by atoms with Gasteiger partial charge in [0.25, 0.3) is 0 Å². The SMILES string of the molecule is CC1=C[C@H]2C(=C(C)CC3(OCCO3)C2(C)C)CC1. The number of hydrogen-bond donors (Lipinski definition) is 0. The summed E-state index contributed by atoms with van der Waals surface area (Å²) in [7, 11) is 0. The van der Waals surface area contributed by atoms with Crippen LogP contribution < -0.4 is 0 Å². The normalized spacial score (nSPS) is 33.6. The highest BCUT2D eigenvalue weighted by Gasteiger charge is 2.57. The van der Waals surface area contributed by atoms with Crippen molar-refractivity contribution in [1.82, 2.24) is 0 Å². The van der Waals surface area contributed by atoms with Crippen LogP contribution in [0.3, 0.4) is 0 Å². The van der Waals surface area contributed by atoms with E-state index in [4.69, 9.17) is 9.47 Å². The third-order valence-corrected chi connectivity index (χ3v) is 5.17. The van der Waals surface area contributed by atoms with Crippen molar-refractivity contribution in [3.8, 4) is 0 Å². The van der Waals surface area contributed by atoms with Crippen LogP contribution in [-0.4, -0.2) is 19.0 Å². The summed E-state index contributed by atoms with van der Waals surface area (Å²) in [6, 6.07) is 0. The van der Waals surface area contributed by atoms with Crippen LogP contribution in [0.4, 0.5) is 0 Å². The van der Waals surface area contributed by atoms with E-state index < -0.39 is 0 Å². The average Bonchev–Trinajstić information content (AvgIpc) is 2.77. The minimum Gasteiger partial charge on any atom is -0.347 e. The fraction of sp³-hybridized carbons (Fsp3) is 0.750. The molecule has 0 unspecified atom stereocenters. The van der Waals surface area contributed by atoms with Crippen LogP contribution in [0.1, 0.15) is 47.0 Å². The Kier molecular flexibility index (Phi) is 2.73. The van der Waals surface area contributed by atoms with Crippen LogP contribution in [0.2, 0.25) is 0 Å². The van der Waals surface area contributed by atoms with E-state index in [0.29, 0.717) is 5.92 Å². The highest BCUT2D eigenvalue weighted by molar-refractivity contribution is 5.34. The lowest BCUT2D eigenvalue weighted by Gasteiger charge is -2.52. The molecule has 3 aliphatic rings. The standard InChI is InChI=1S/C16H24O2/c1-11-5-6-13-12(2)10-16(17-7-8-18-16)15(3,4)14(13)9-11/h9,14H,5-8,10H2,1-4H3/t14-/m0/s1. The molecule has 0 aromatic carbocycles. The molecular formula is C16H24O2. The van der Waals surface area contributed by atoms with Crippen LogP contribution in [0.25, 0.3) is 0 Å². The Morgan fingerprint density at radius 2 is 1.78 bits per heavy atom. The molecule has 2 aliphatic carbocycles. The molecule has 1 spiro atoms. The number of ether oxygens (including phenoxy) is 2. The molecule has 0 bridgehead atoms. The predicted octanol–water partition coefficient (Wildman–Crippen LogP) is 3.83. The maximum Gasteiger partial charge on any atom is 0.178 e. The Labute approximate surface area is 110 Å². The minimum absolute atomic E-state index is 0.0278. The van der Waals surface area contributed by atoms with E-state index in [9.17, 15) is 0 Å². The van der Waals surface area contributed by atoms with Crippen molar-refractivity contribution in [1.29, 1.82) is 0 Å². The monoisotopic (exact) mass is 248 g/mol. The third-order valence-electron chi connectivity index (χ3n) is 5.17. The van der Waals surface area contributed by atoms with E-state index in [-0.39, 0.29) is 11.2 Å². The molecule has 1 heterocycles. The smallest absolute Gasteiger partial charge is 0.178 e. The lowest BCUT2D eigenvalue weighted by molar-refractivity contribution is -0.240. The fourth-order valence-electron chi connectivity index (χ4n) is 3.93. The maximum absolute atomic E-state index is 6.07. The van der Waals surface area contributed by atoms with E-state index in [1.807, 2.05) is 0 Å². The van der Waals surface area contributed by atoms with Crippen molar-refractivity contribution >= 4 is 0 Å². The first kappa shape index (κ1) is 12.4. The van der Waals surface area contributed by atoms with Crippen LogP contribution >= 0.6 is 0 Å². The number of hydrogen-bond acceptors (Lipinski definition) is 2. The minimum atomic E-state index is -0.390. The summed E-state index contributed by atoms with van der Waals surface area (Å²) in [5, 5.41) is 0. The van der Waals surface area contributed by atoms with Crippen LogP contribution in [0.15, 0.2) is 22.8 Å². The molecule has 1 atom stereocenters. The number of rotatable bonds is 0. The van der Waals surface area contributed by atoms with E-state index >= 15 is 0 Å². The second kappa shape index (κ2) is 3.94. The molecule has 0 saturated carbocycles. The van der Waals surface area contributed by atoms with Gasteiger partial charge in [0.05, 0.1) is 13.2 Å². The lowest BCUT2D eigenvalue weighted by Crippen LogP contribution is -2.53. The zero-order chi connectivity index (χ0) is 13.0. The summed E-state index contributed by atoms with van der Waals surface area (Å²) in [5.41, 5.74) is 4.67. The highest BCUT2D eigenvalue weighted by Crippen LogP contribution is 2.56. The van der Waals surface area contributed by atoms with Gasteiger partial charge in [-0.3, -0.25) is 0 Å². The molecule has 100 valence electrons. The molecule has 2 heteroatoms. The Morgan fingerprint density at radius 1 is 1.11 bits per heavy atom. The Hall–Kier alpha value is -0.600. The second-order valence-corrected chi connectivity index (χ2v) is 6.64. The molecule has 1 saturated heterocycles. The molecule has 0 N–H and O–H groups in total. The van der Waals surface area contributed by atoms with Crippen LogP contribution in [0.5, 0.6) is 0 Å². The van der Waals surface area contributed by atoms with Gasteiger partial charge in [0, 0.05) is 17.8 Å². The predicted molar refractivity (Wildman–Crippen MR) is 72.2 cm³/mol. The van der Waals surface area contributed by atoms with Crippen molar-refractivity contribution in [2.75, 3.05) is 13.2 Å². The van der Waals surface area contributed by atoms with Crippen LogP contribution in [-0.2, 0) is 9.47 Å². The quantitative estimate of drug-likeness (QED) is 0.606. The zero-order valence-electron chi connectivity index (χ0n) is 12.0. The van der Waals surface area contributed by atoms with Gasteiger partial charge >= 0.3 is 0 Å². The van der Waals surface area contributed by atoms with Crippen molar-refractivity contribution in [3.05, 3.63) is 22.8 Å². The lowest BCUT2D eigenvalue weighted by atomic mass is 9.59. The van der Waals surface area contributed by atoms with Gasteiger partial charge in [-0.25, -0.2) is 0 Å². The van der Waals surface area contributed by atoms with Gasteiger partial charge in [-0.05, 0) is 26.7 Å². The largest absolute Gasteiger partial charge is 0.347 e. The molecule has 3 rings (SSSR count). The van der Waals surface area contributed by atoms with E-state index in [1.165, 1.54) is 24.0 Å². The van der Waals surface area contributed by atoms with Gasteiger partial charge in [-0.2, -0.15) is 0 Å².